The van der Waals surface area contributed by atoms with Gasteiger partial charge in [-0.1, -0.05) is 130 Å². The Morgan fingerprint density at radius 3 is 1.79 bits per heavy atom. The van der Waals surface area contributed by atoms with Crippen LogP contribution in [0.5, 0.6) is 0 Å². The summed E-state index contributed by atoms with van der Waals surface area (Å²) < 4.78 is 5.28. The summed E-state index contributed by atoms with van der Waals surface area (Å²) in [5, 5.41) is 5.17. The van der Waals surface area contributed by atoms with Crippen molar-refractivity contribution in [1.82, 2.24) is 9.05 Å². The van der Waals surface area contributed by atoms with Crippen LogP contribution in [-0.4, -0.2) is 15.9 Å². The standard InChI is InChI=1S/C62H48BN3/c1-35-14-12-15-36(2)56(35)40-24-29-52-46(30-40)48-32-42(57-37(3)16-13-17-38(57)4)33-49-47-31-41(39-22-25-43(26-23-39)62(5,6)7)34-55-58(47)63(66(52)59(48)49)50-28-27-45-44-18-8-9-19-51(44)64-53-20-10-11-21-54(53)65(55)61(50)60(45)64/h8-34H,1-7H3. The molecule has 9 aromatic carbocycles. The normalized spacial score (nSPS) is 13.3. The molecule has 0 aliphatic carbocycles. The van der Waals surface area contributed by atoms with Crippen LogP contribution in [0.4, 0.5) is 17.1 Å². The van der Waals surface area contributed by atoms with Crippen molar-refractivity contribution in [2.24, 2.45) is 0 Å². The van der Waals surface area contributed by atoms with Crippen LogP contribution in [0.3, 0.4) is 0 Å². The van der Waals surface area contributed by atoms with E-state index in [1.807, 2.05) is 0 Å². The van der Waals surface area contributed by atoms with Gasteiger partial charge < -0.3 is 13.9 Å². The number of fused-ring (bicyclic) bond motifs is 13. The van der Waals surface area contributed by atoms with Crippen molar-refractivity contribution in [3.63, 3.8) is 0 Å². The lowest BCUT2D eigenvalue weighted by molar-refractivity contribution is 0.590. The summed E-state index contributed by atoms with van der Waals surface area (Å²) in [4.78, 5) is 2.64. The molecule has 0 N–H and O–H groups in total. The third-order valence-electron chi connectivity index (χ3n) is 15.5. The van der Waals surface area contributed by atoms with Crippen LogP contribution in [0, 0.1) is 27.7 Å². The van der Waals surface area contributed by atoms with Gasteiger partial charge in [0.05, 0.1) is 28.1 Å². The topological polar surface area (TPSA) is 13.1 Å². The van der Waals surface area contributed by atoms with E-state index in [1.165, 1.54) is 150 Å². The first kappa shape index (κ1) is 37.8. The number of anilines is 3. The number of para-hydroxylation sites is 3. The summed E-state index contributed by atoms with van der Waals surface area (Å²) >= 11 is 0. The Kier molecular flexibility index (Phi) is 7.47. The molecule has 314 valence electrons. The van der Waals surface area contributed by atoms with Gasteiger partial charge in [0.15, 0.2) is 0 Å². The van der Waals surface area contributed by atoms with Crippen molar-refractivity contribution in [1.29, 1.82) is 0 Å². The second-order valence-corrected chi connectivity index (χ2v) is 20.3. The number of benzene rings is 9. The highest BCUT2D eigenvalue weighted by Crippen LogP contribution is 2.54. The van der Waals surface area contributed by atoms with Gasteiger partial charge in [0.25, 0.3) is 0 Å². The van der Waals surface area contributed by atoms with Gasteiger partial charge >= 0.3 is 6.85 Å². The van der Waals surface area contributed by atoms with Crippen molar-refractivity contribution in [2.75, 3.05) is 4.90 Å². The van der Waals surface area contributed by atoms with E-state index in [0.29, 0.717) is 0 Å². The third-order valence-corrected chi connectivity index (χ3v) is 15.5. The predicted octanol–water partition coefficient (Wildman–Crippen LogP) is 15.2. The zero-order chi connectivity index (χ0) is 44.5. The predicted molar refractivity (Wildman–Crippen MR) is 282 cm³/mol. The first-order chi connectivity index (χ1) is 32.0. The highest BCUT2D eigenvalue weighted by molar-refractivity contribution is 6.90. The minimum absolute atomic E-state index is 0.0591. The van der Waals surface area contributed by atoms with Crippen LogP contribution in [0.1, 0.15) is 48.6 Å². The molecular formula is C62H48BN3. The highest BCUT2D eigenvalue weighted by atomic mass is 15.2. The Balaban J connectivity index is 1.17. The average Bonchev–Trinajstić information content (AvgIpc) is 3.83. The molecule has 0 spiro atoms. The Hall–Kier alpha value is -7.56. The molecule has 0 radical (unpaired) electrons. The lowest BCUT2D eigenvalue weighted by Gasteiger charge is -2.43. The van der Waals surface area contributed by atoms with Crippen LogP contribution in [-0.2, 0) is 5.41 Å². The van der Waals surface area contributed by atoms with Gasteiger partial charge in [-0.15, -0.1) is 0 Å². The van der Waals surface area contributed by atoms with E-state index < -0.39 is 0 Å². The molecule has 0 atom stereocenters. The van der Waals surface area contributed by atoms with Gasteiger partial charge in [0.2, 0.25) is 0 Å². The zero-order valence-corrected chi connectivity index (χ0v) is 38.5. The SMILES string of the molecule is Cc1cccc(C)c1-c1ccc2c(c1)c1cc(-c3c(C)cccc3C)cc3c1n2B1c2ccc4c5ccccc5n5c4c2N(c2ccccc2-5)c2cc(-c4ccc(C(C)(C)C)cc4)cc-3c21. The van der Waals surface area contributed by atoms with E-state index in [9.17, 15) is 0 Å². The smallest absolute Gasteiger partial charge is 0.333 e. The van der Waals surface area contributed by atoms with E-state index in [1.54, 1.807) is 0 Å². The van der Waals surface area contributed by atoms with Gasteiger partial charge in [0, 0.05) is 43.8 Å². The maximum Gasteiger partial charge on any atom is 0.333 e. The summed E-state index contributed by atoms with van der Waals surface area (Å²) in [5.41, 5.74) is 29.6. The molecule has 5 heterocycles. The van der Waals surface area contributed by atoms with Crippen LogP contribution in [0.2, 0.25) is 0 Å². The van der Waals surface area contributed by atoms with Crippen molar-refractivity contribution in [3.05, 3.63) is 192 Å². The van der Waals surface area contributed by atoms with Crippen LogP contribution in [0.25, 0.3) is 93.8 Å². The summed E-state index contributed by atoms with van der Waals surface area (Å²) in [6, 6.07) is 63.1. The fourth-order valence-corrected chi connectivity index (χ4v) is 12.6. The summed E-state index contributed by atoms with van der Waals surface area (Å²) in [6.45, 7) is 15.9. The number of nitrogens with zero attached hydrogens (tertiary/aromatic N) is 3. The lowest BCUT2D eigenvalue weighted by atomic mass is 9.44. The van der Waals surface area contributed by atoms with Gasteiger partial charge in [-0.05, 0) is 165 Å². The second kappa shape index (κ2) is 13.0. The fraction of sp³-hybridized carbons (Fsp3) is 0.129. The maximum atomic E-state index is 2.73. The van der Waals surface area contributed by atoms with Crippen LogP contribution in [0.15, 0.2) is 164 Å². The zero-order valence-electron chi connectivity index (χ0n) is 38.5. The van der Waals surface area contributed by atoms with E-state index in [2.05, 4.69) is 226 Å². The van der Waals surface area contributed by atoms with Crippen molar-refractivity contribution in [3.8, 4) is 50.2 Å². The number of hydrogen-bond acceptors (Lipinski definition) is 1. The number of aromatic nitrogens is 2. The number of hydrogen-bond donors (Lipinski definition) is 0. The fourth-order valence-electron chi connectivity index (χ4n) is 12.6. The average molecular weight is 846 g/mol. The maximum absolute atomic E-state index is 2.73. The molecule has 3 nitrogen and oxygen atoms in total. The van der Waals surface area contributed by atoms with Crippen molar-refractivity contribution in [2.45, 2.75) is 53.9 Å². The lowest BCUT2D eigenvalue weighted by Crippen LogP contribution is -2.57. The molecule has 3 aliphatic rings. The van der Waals surface area contributed by atoms with Crippen molar-refractivity contribution >= 4 is 78.4 Å². The molecule has 11 aromatic rings. The summed E-state index contributed by atoms with van der Waals surface area (Å²) in [7, 11) is 0. The molecule has 2 aromatic heterocycles. The third kappa shape index (κ3) is 4.89. The largest absolute Gasteiger partial charge is 0.375 e. The van der Waals surface area contributed by atoms with Gasteiger partial charge in [0.1, 0.15) is 0 Å². The monoisotopic (exact) mass is 845 g/mol. The van der Waals surface area contributed by atoms with Gasteiger partial charge in [-0.25, -0.2) is 0 Å². The van der Waals surface area contributed by atoms with E-state index in [-0.39, 0.29) is 12.3 Å². The molecule has 0 fully saturated rings. The molecule has 0 saturated heterocycles. The molecule has 14 rings (SSSR count). The molecule has 66 heavy (non-hydrogen) atoms. The van der Waals surface area contributed by atoms with Crippen molar-refractivity contribution < 1.29 is 0 Å². The molecule has 3 aliphatic heterocycles. The summed E-state index contributed by atoms with van der Waals surface area (Å²) in [6.07, 6.45) is 0. The number of aryl methyl sites for hydroxylation is 4. The Labute approximate surface area is 386 Å². The molecule has 0 unspecified atom stereocenters. The molecule has 0 saturated carbocycles. The second-order valence-electron chi connectivity index (χ2n) is 20.3. The molecular weight excluding hydrogens is 798 g/mol. The Bertz CT molecular complexity index is 3930. The van der Waals surface area contributed by atoms with E-state index in [4.69, 9.17) is 0 Å². The highest BCUT2D eigenvalue weighted by Gasteiger charge is 2.46. The Morgan fingerprint density at radius 2 is 1.06 bits per heavy atom. The first-order valence-corrected chi connectivity index (χ1v) is 23.5. The van der Waals surface area contributed by atoms with Gasteiger partial charge in [-0.2, -0.15) is 0 Å². The molecule has 4 heteroatoms. The summed E-state index contributed by atoms with van der Waals surface area (Å²) in [5.74, 6) is 0. The molecule has 0 bridgehead atoms. The van der Waals surface area contributed by atoms with Crippen LogP contribution >= 0.6 is 0 Å². The Morgan fingerprint density at radius 1 is 0.424 bits per heavy atom. The van der Waals surface area contributed by atoms with E-state index >= 15 is 0 Å². The number of rotatable bonds is 3. The minimum Gasteiger partial charge on any atom is -0.375 e. The first-order valence-electron chi connectivity index (χ1n) is 23.5. The minimum atomic E-state index is -0.0655. The van der Waals surface area contributed by atoms with Gasteiger partial charge in [-0.3, -0.25) is 0 Å². The van der Waals surface area contributed by atoms with Crippen LogP contribution < -0.4 is 15.8 Å². The van der Waals surface area contributed by atoms with E-state index in [0.717, 1.165) is 0 Å². The quantitative estimate of drug-likeness (QED) is 0.162. The molecule has 0 amide bonds.